The van der Waals surface area contributed by atoms with E-state index < -0.39 is 11.3 Å². The molecular formula is C18H16FN3O2. The Kier molecular flexibility index (Phi) is 4.04. The van der Waals surface area contributed by atoms with Gasteiger partial charge in [0.15, 0.2) is 0 Å². The zero-order chi connectivity index (χ0) is 17.3. The zero-order valence-corrected chi connectivity index (χ0v) is 13.0. The Labute approximate surface area is 137 Å². The molecule has 0 aliphatic heterocycles. The molecule has 3 rings (SSSR count). The number of carbonyl (C=O) groups excluding carboxylic acids is 1. The van der Waals surface area contributed by atoms with Gasteiger partial charge in [-0.05, 0) is 18.2 Å². The number of fused-ring (bicyclic) bond motifs is 1. The predicted octanol–water partition coefficient (Wildman–Crippen LogP) is 2.13. The van der Waals surface area contributed by atoms with Gasteiger partial charge in [0.2, 0.25) is 5.43 Å². The van der Waals surface area contributed by atoms with Crippen molar-refractivity contribution in [1.29, 1.82) is 0 Å². The van der Waals surface area contributed by atoms with Gasteiger partial charge in [-0.1, -0.05) is 24.3 Å². The molecule has 0 spiro atoms. The molecule has 1 amide bonds. The van der Waals surface area contributed by atoms with E-state index in [4.69, 9.17) is 5.73 Å². The summed E-state index contributed by atoms with van der Waals surface area (Å²) in [6, 6.07) is 11.4. The summed E-state index contributed by atoms with van der Waals surface area (Å²) in [6.45, 7) is 0.177. The second-order valence-electron chi connectivity index (χ2n) is 5.41. The van der Waals surface area contributed by atoms with Crippen LogP contribution in [0.3, 0.4) is 0 Å². The topological polar surface area (TPSA) is 77.1 Å². The van der Waals surface area contributed by atoms with E-state index in [0.29, 0.717) is 11.1 Å². The molecule has 6 heteroatoms. The van der Waals surface area contributed by atoms with E-state index in [-0.39, 0.29) is 29.0 Å². The van der Waals surface area contributed by atoms with E-state index in [1.807, 2.05) is 0 Å². The van der Waals surface area contributed by atoms with Crippen molar-refractivity contribution in [3.8, 4) is 0 Å². The van der Waals surface area contributed by atoms with Gasteiger partial charge in [0.25, 0.3) is 5.91 Å². The summed E-state index contributed by atoms with van der Waals surface area (Å²) in [5, 5.41) is 2.70. The molecule has 0 saturated carbocycles. The summed E-state index contributed by atoms with van der Waals surface area (Å²) >= 11 is 0. The standard InChI is InChI=1S/C18H16FN3O2/c1-21-18(24)12-10-22(9-11-5-2-3-6-13(11)19)15-8-4-7-14(20)16(15)17(12)23/h2-8,10H,9,20H2,1H3,(H,21,24). The number of amides is 1. The van der Waals surface area contributed by atoms with Gasteiger partial charge in [-0.2, -0.15) is 0 Å². The maximum absolute atomic E-state index is 14.0. The average molecular weight is 325 g/mol. The first-order chi connectivity index (χ1) is 11.5. The second kappa shape index (κ2) is 6.16. The minimum absolute atomic E-state index is 0.0285. The lowest BCUT2D eigenvalue weighted by Crippen LogP contribution is -2.27. The first-order valence-electron chi connectivity index (χ1n) is 7.40. The second-order valence-corrected chi connectivity index (χ2v) is 5.41. The Hall–Kier alpha value is -3.15. The molecule has 0 aliphatic rings. The fourth-order valence-corrected chi connectivity index (χ4v) is 2.70. The summed E-state index contributed by atoms with van der Waals surface area (Å²) in [4.78, 5) is 24.6. The van der Waals surface area contributed by atoms with Crippen molar-refractivity contribution in [1.82, 2.24) is 9.88 Å². The number of hydrogen-bond donors (Lipinski definition) is 2. The van der Waals surface area contributed by atoms with E-state index in [1.165, 1.54) is 19.3 Å². The predicted molar refractivity (Wildman–Crippen MR) is 91.5 cm³/mol. The van der Waals surface area contributed by atoms with Crippen LogP contribution < -0.4 is 16.5 Å². The highest BCUT2D eigenvalue weighted by molar-refractivity contribution is 6.00. The van der Waals surface area contributed by atoms with Crippen molar-refractivity contribution in [2.24, 2.45) is 0 Å². The van der Waals surface area contributed by atoms with Crippen LogP contribution in [-0.4, -0.2) is 17.5 Å². The SMILES string of the molecule is CNC(=O)c1cn(Cc2ccccc2F)c2cccc(N)c2c1=O. The average Bonchev–Trinajstić information content (AvgIpc) is 2.58. The molecule has 3 N–H and O–H groups in total. The van der Waals surface area contributed by atoms with Crippen LogP contribution in [0.5, 0.6) is 0 Å². The Morgan fingerprint density at radius 3 is 2.67 bits per heavy atom. The van der Waals surface area contributed by atoms with Crippen molar-refractivity contribution >= 4 is 22.5 Å². The van der Waals surface area contributed by atoms with E-state index in [0.717, 1.165) is 0 Å². The third-order valence-corrected chi connectivity index (χ3v) is 3.91. The highest BCUT2D eigenvalue weighted by atomic mass is 19.1. The molecule has 0 radical (unpaired) electrons. The van der Waals surface area contributed by atoms with E-state index in [2.05, 4.69) is 5.32 Å². The fourth-order valence-electron chi connectivity index (χ4n) is 2.70. The van der Waals surface area contributed by atoms with Crippen LogP contribution in [0.25, 0.3) is 10.9 Å². The third kappa shape index (κ3) is 2.62. The van der Waals surface area contributed by atoms with Crippen LogP contribution in [0.2, 0.25) is 0 Å². The van der Waals surface area contributed by atoms with Gasteiger partial charge >= 0.3 is 0 Å². The Morgan fingerprint density at radius 2 is 1.96 bits per heavy atom. The number of nitrogens with zero attached hydrogens (tertiary/aromatic N) is 1. The van der Waals surface area contributed by atoms with Crippen molar-refractivity contribution in [2.75, 3.05) is 12.8 Å². The van der Waals surface area contributed by atoms with E-state index in [9.17, 15) is 14.0 Å². The maximum Gasteiger partial charge on any atom is 0.256 e. The van der Waals surface area contributed by atoms with Crippen LogP contribution in [0.15, 0.2) is 53.5 Å². The number of benzene rings is 2. The zero-order valence-electron chi connectivity index (χ0n) is 13.0. The summed E-state index contributed by atoms with van der Waals surface area (Å²) < 4.78 is 15.6. The summed E-state index contributed by atoms with van der Waals surface area (Å²) in [5.41, 5.74) is 6.76. The molecule has 0 atom stereocenters. The van der Waals surface area contributed by atoms with Gasteiger partial charge in [-0.15, -0.1) is 0 Å². The van der Waals surface area contributed by atoms with Crippen molar-refractivity contribution in [2.45, 2.75) is 6.54 Å². The smallest absolute Gasteiger partial charge is 0.256 e. The van der Waals surface area contributed by atoms with Crippen molar-refractivity contribution in [3.63, 3.8) is 0 Å². The molecule has 1 aromatic heterocycles. The first kappa shape index (κ1) is 15.7. The molecule has 24 heavy (non-hydrogen) atoms. The molecule has 0 bridgehead atoms. The number of nitrogens with one attached hydrogen (secondary N) is 1. The molecule has 0 aliphatic carbocycles. The van der Waals surface area contributed by atoms with Crippen molar-refractivity contribution in [3.05, 3.63) is 75.8 Å². The number of nitrogen functional groups attached to an aromatic ring is 1. The Balaban J connectivity index is 2.29. The monoisotopic (exact) mass is 325 g/mol. The van der Waals surface area contributed by atoms with Gasteiger partial charge in [0.1, 0.15) is 11.4 Å². The number of nitrogens with two attached hydrogens (primary N) is 1. The van der Waals surface area contributed by atoms with Crippen molar-refractivity contribution < 1.29 is 9.18 Å². The van der Waals surface area contributed by atoms with Crippen LogP contribution >= 0.6 is 0 Å². The number of halogens is 1. The minimum atomic E-state index is -0.507. The van der Waals surface area contributed by atoms with Crippen LogP contribution in [0.1, 0.15) is 15.9 Å². The number of carbonyl (C=O) groups is 1. The number of anilines is 1. The number of rotatable bonds is 3. The molecule has 1 heterocycles. The fraction of sp³-hybridized carbons (Fsp3) is 0.111. The number of aromatic nitrogens is 1. The minimum Gasteiger partial charge on any atom is -0.398 e. The molecule has 0 unspecified atom stereocenters. The number of pyridine rings is 1. The summed E-state index contributed by atoms with van der Waals surface area (Å²) in [5.74, 6) is -0.859. The summed E-state index contributed by atoms with van der Waals surface area (Å²) in [6.07, 6.45) is 1.44. The van der Waals surface area contributed by atoms with E-state index in [1.54, 1.807) is 41.0 Å². The third-order valence-electron chi connectivity index (χ3n) is 3.91. The van der Waals surface area contributed by atoms with Crippen LogP contribution in [-0.2, 0) is 6.54 Å². The highest BCUT2D eigenvalue weighted by Crippen LogP contribution is 2.20. The number of hydrogen-bond acceptors (Lipinski definition) is 3. The van der Waals surface area contributed by atoms with Crippen LogP contribution in [0.4, 0.5) is 10.1 Å². The Bertz CT molecular complexity index is 995. The molecule has 5 nitrogen and oxygen atoms in total. The maximum atomic E-state index is 14.0. The van der Waals surface area contributed by atoms with Gasteiger partial charge in [-0.25, -0.2) is 4.39 Å². The van der Waals surface area contributed by atoms with Gasteiger partial charge in [0.05, 0.1) is 17.4 Å². The first-order valence-corrected chi connectivity index (χ1v) is 7.40. The molecule has 122 valence electrons. The quantitative estimate of drug-likeness (QED) is 0.724. The molecule has 0 fully saturated rings. The lowest BCUT2D eigenvalue weighted by Gasteiger charge is -2.14. The molecule has 3 aromatic rings. The van der Waals surface area contributed by atoms with E-state index >= 15 is 0 Å². The van der Waals surface area contributed by atoms with Gasteiger partial charge in [0, 0.05) is 24.5 Å². The van der Waals surface area contributed by atoms with Gasteiger partial charge < -0.3 is 15.6 Å². The molecule has 2 aromatic carbocycles. The van der Waals surface area contributed by atoms with Crippen LogP contribution in [0, 0.1) is 5.82 Å². The summed E-state index contributed by atoms with van der Waals surface area (Å²) in [7, 11) is 1.45. The highest BCUT2D eigenvalue weighted by Gasteiger charge is 2.16. The molecular weight excluding hydrogens is 309 g/mol. The van der Waals surface area contributed by atoms with Gasteiger partial charge in [-0.3, -0.25) is 9.59 Å². The Morgan fingerprint density at radius 1 is 1.21 bits per heavy atom. The lowest BCUT2D eigenvalue weighted by molar-refractivity contribution is 0.0961. The largest absolute Gasteiger partial charge is 0.398 e. The molecule has 0 saturated heterocycles. The normalized spacial score (nSPS) is 10.8. The lowest BCUT2D eigenvalue weighted by atomic mass is 10.1.